The van der Waals surface area contributed by atoms with Crippen LogP contribution < -0.4 is 10.6 Å². The number of aliphatic imine (C=N–C) groups is 1. The van der Waals surface area contributed by atoms with Crippen molar-refractivity contribution in [1.82, 2.24) is 15.5 Å². The minimum atomic E-state index is 0.0353. The fourth-order valence-corrected chi connectivity index (χ4v) is 4.06. The summed E-state index contributed by atoms with van der Waals surface area (Å²) in [7, 11) is 1.81. The van der Waals surface area contributed by atoms with E-state index in [0.29, 0.717) is 6.61 Å². The average Bonchev–Trinajstić information content (AvgIpc) is 3.16. The normalized spacial score (nSPS) is 23.3. The highest BCUT2D eigenvalue weighted by atomic mass is 16.5. The fourth-order valence-electron chi connectivity index (χ4n) is 4.06. The van der Waals surface area contributed by atoms with E-state index in [1.165, 1.54) is 11.1 Å². The topological polar surface area (TPSA) is 69.1 Å². The molecule has 0 aromatic heterocycles. The molecule has 27 heavy (non-hydrogen) atoms. The maximum atomic E-state index is 9.34. The third kappa shape index (κ3) is 5.67. The van der Waals surface area contributed by atoms with Crippen LogP contribution in [0.1, 0.15) is 30.4 Å². The molecule has 3 rings (SSSR count). The van der Waals surface area contributed by atoms with Gasteiger partial charge in [0.1, 0.15) is 0 Å². The molecule has 0 radical (unpaired) electrons. The van der Waals surface area contributed by atoms with Crippen molar-refractivity contribution in [2.45, 2.75) is 32.2 Å². The minimum absolute atomic E-state index is 0.0353. The molecule has 0 bridgehead atoms. The summed E-state index contributed by atoms with van der Waals surface area (Å²) in [6, 6.07) is 8.78. The van der Waals surface area contributed by atoms with Gasteiger partial charge in [0.05, 0.1) is 6.61 Å². The van der Waals surface area contributed by atoms with Gasteiger partial charge in [-0.3, -0.25) is 9.89 Å². The van der Waals surface area contributed by atoms with Crippen LogP contribution in [-0.2, 0) is 17.7 Å². The predicted molar refractivity (Wildman–Crippen MR) is 109 cm³/mol. The molecule has 2 aliphatic heterocycles. The van der Waals surface area contributed by atoms with E-state index < -0.39 is 0 Å². The Kier molecular flexibility index (Phi) is 7.50. The first-order valence-corrected chi connectivity index (χ1v) is 10.2. The molecule has 3 N–H and O–H groups in total. The molecule has 1 aromatic rings. The van der Waals surface area contributed by atoms with Crippen LogP contribution in [0, 0.1) is 5.41 Å². The number of benzene rings is 1. The Balaban J connectivity index is 1.35. The van der Waals surface area contributed by atoms with Crippen molar-refractivity contribution in [1.29, 1.82) is 0 Å². The first-order chi connectivity index (χ1) is 13.2. The van der Waals surface area contributed by atoms with E-state index in [4.69, 9.17) is 4.74 Å². The summed E-state index contributed by atoms with van der Waals surface area (Å²) < 4.78 is 5.55. The number of ether oxygens (including phenoxy) is 1. The number of guanidine groups is 1. The van der Waals surface area contributed by atoms with Crippen LogP contribution in [-0.4, -0.2) is 69.0 Å². The first-order valence-electron chi connectivity index (χ1n) is 10.2. The lowest BCUT2D eigenvalue weighted by atomic mass is 9.84. The summed E-state index contributed by atoms with van der Waals surface area (Å²) in [4.78, 5) is 6.87. The Bertz CT molecular complexity index is 614. The van der Waals surface area contributed by atoms with Crippen LogP contribution in [0.2, 0.25) is 0 Å². The second kappa shape index (κ2) is 10.1. The lowest BCUT2D eigenvalue weighted by Gasteiger charge is -2.29. The van der Waals surface area contributed by atoms with Crippen molar-refractivity contribution in [2.75, 3.05) is 53.0 Å². The van der Waals surface area contributed by atoms with Gasteiger partial charge in [0.25, 0.3) is 0 Å². The van der Waals surface area contributed by atoms with Gasteiger partial charge in [-0.2, -0.15) is 0 Å². The molecule has 2 heterocycles. The van der Waals surface area contributed by atoms with Crippen molar-refractivity contribution in [3.05, 3.63) is 35.4 Å². The number of fused-ring (bicyclic) bond motifs is 1. The Morgan fingerprint density at radius 1 is 1.30 bits per heavy atom. The maximum absolute atomic E-state index is 9.34. The molecule has 6 heteroatoms. The molecule has 1 saturated heterocycles. The van der Waals surface area contributed by atoms with Crippen LogP contribution in [0.5, 0.6) is 0 Å². The van der Waals surface area contributed by atoms with Gasteiger partial charge in [0, 0.05) is 58.4 Å². The summed E-state index contributed by atoms with van der Waals surface area (Å²) in [6.45, 7) is 6.70. The van der Waals surface area contributed by atoms with Gasteiger partial charge in [-0.25, -0.2) is 0 Å². The zero-order valence-electron chi connectivity index (χ0n) is 16.5. The van der Waals surface area contributed by atoms with E-state index in [1.807, 2.05) is 0 Å². The second-order valence-corrected chi connectivity index (χ2v) is 7.78. The predicted octanol–water partition coefficient (Wildman–Crippen LogP) is 1.39. The molecule has 0 aliphatic carbocycles. The third-order valence-electron chi connectivity index (χ3n) is 5.83. The molecular weight excluding hydrogens is 340 g/mol. The van der Waals surface area contributed by atoms with E-state index in [0.717, 1.165) is 71.0 Å². The van der Waals surface area contributed by atoms with Crippen molar-refractivity contribution in [3.8, 4) is 0 Å². The van der Waals surface area contributed by atoms with Crippen LogP contribution in [0.25, 0.3) is 0 Å². The molecule has 150 valence electrons. The van der Waals surface area contributed by atoms with Crippen molar-refractivity contribution in [3.63, 3.8) is 0 Å². The Hall–Kier alpha value is -1.63. The lowest BCUT2D eigenvalue weighted by molar-refractivity contribution is 0.127. The highest BCUT2D eigenvalue weighted by molar-refractivity contribution is 5.79. The van der Waals surface area contributed by atoms with E-state index >= 15 is 0 Å². The number of aliphatic hydroxyl groups excluding tert-OH is 1. The highest BCUT2D eigenvalue weighted by Gasteiger charge is 2.34. The SMILES string of the molecule is CN=C(NCCCN1CCc2ccccc2C1)NCC1(CCO)CCOC1. The Morgan fingerprint density at radius 2 is 2.15 bits per heavy atom. The zero-order valence-corrected chi connectivity index (χ0v) is 16.5. The van der Waals surface area contributed by atoms with Gasteiger partial charge >= 0.3 is 0 Å². The number of hydrogen-bond acceptors (Lipinski definition) is 4. The summed E-state index contributed by atoms with van der Waals surface area (Å²) in [5.41, 5.74) is 3.01. The van der Waals surface area contributed by atoms with Crippen molar-refractivity contribution < 1.29 is 9.84 Å². The fraction of sp³-hybridized carbons (Fsp3) is 0.667. The summed E-state index contributed by atoms with van der Waals surface area (Å²) in [6.07, 6.45) is 4.01. The summed E-state index contributed by atoms with van der Waals surface area (Å²) in [5, 5.41) is 16.2. The summed E-state index contributed by atoms with van der Waals surface area (Å²) >= 11 is 0. The minimum Gasteiger partial charge on any atom is -0.396 e. The standard InChI is InChI=1S/C21H34N4O2/c1-22-20(24-16-21(8-13-26)9-14-27-17-21)23-10-4-11-25-12-7-18-5-2-3-6-19(18)15-25/h2-3,5-6,26H,4,7-17H2,1H3,(H2,22,23,24). The molecule has 6 nitrogen and oxygen atoms in total. The van der Waals surface area contributed by atoms with E-state index in [1.54, 1.807) is 7.05 Å². The molecule has 1 unspecified atom stereocenters. The largest absolute Gasteiger partial charge is 0.396 e. The molecule has 2 aliphatic rings. The number of nitrogens with zero attached hydrogens (tertiary/aromatic N) is 2. The van der Waals surface area contributed by atoms with Gasteiger partial charge in [0.15, 0.2) is 5.96 Å². The van der Waals surface area contributed by atoms with Crippen LogP contribution >= 0.6 is 0 Å². The molecule has 0 saturated carbocycles. The molecule has 1 atom stereocenters. The monoisotopic (exact) mass is 374 g/mol. The first kappa shape index (κ1) is 20.1. The van der Waals surface area contributed by atoms with Gasteiger partial charge < -0.3 is 20.5 Å². The Labute approximate surface area is 163 Å². The molecule has 1 fully saturated rings. The molecule has 0 spiro atoms. The van der Waals surface area contributed by atoms with E-state index in [9.17, 15) is 5.11 Å². The zero-order chi connectivity index (χ0) is 19.0. The van der Waals surface area contributed by atoms with Gasteiger partial charge in [-0.05, 0) is 36.8 Å². The van der Waals surface area contributed by atoms with Crippen LogP contribution in [0.15, 0.2) is 29.3 Å². The molecule has 1 aromatic carbocycles. The van der Waals surface area contributed by atoms with Crippen LogP contribution in [0.3, 0.4) is 0 Å². The number of nitrogens with one attached hydrogen (secondary N) is 2. The second-order valence-electron chi connectivity index (χ2n) is 7.78. The van der Waals surface area contributed by atoms with Gasteiger partial charge in [0.2, 0.25) is 0 Å². The van der Waals surface area contributed by atoms with Gasteiger partial charge in [-0.1, -0.05) is 24.3 Å². The lowest BCUT2D eigenvalue weighted by Crippen LogP contribution is -2.45. The third-order valence-corrected chi connectivity index (χ3v) is 5.83. The average molecular weight is 375 g/mol. The summed E-state index contributed by atoms with van der Waals surface area (Å²) in [5.74, 6) is 0.836. The van der Waals surface area contributed by atoms with E-state index in [-0.39, 0.29) is 12.0 Å². The molecular formula is C21H34N4O2. The Morgan fingerprint density at radius 3 is 2.89 bits per heavy atom. The molecule has 0 amide bonds. The quantitative estimate of drug-likeness (QED) is 0.364. The number of aliphatic hydroxyl groups is 1. The maximum Gasteiger partial charge on any atom is 0.190 e. The number of hydrogen-bond donors (Lipinski definition) is 3. The smallest absolute Gasteiger partial charge is 0.190 e. The highest BCUT2D eigenvalue weighted by Crippen LogP contribution is 2.31. The van der Waals surface area contributed by atoms with Crippen molar-refractivity contribution in [2.24, 2.45) is 10.4 Å². The van der Waals surface area contributed by atoms with Gasteiger partial charge in [-0.15, -0.1) is 0 Å². The van der Waals surface area contributed by atoms with Crippen molar-refractivity contribution >= 4 is 5.96 Å². The van der Waals surface area contributed by atoms with E-state index in [2.05, 4.69) is 44.8 Å². The number of rotatable bonds is 8. The van der Waals surface area contributed by atoms with Crippen LogP contribution in [0.4, 0.5) is 0 Å².